The van der Waals surface area contributed by atoms with Crippen molar-refractivity contribution in [3.05, 3.63) is 47.0 Å². The summed E-state index contributed by atoms with van der Waals surface area (Å²) in [5, 5.41) is 6.40. The maximum Gasteiger partial charge on any atom is 0.240 e. The SMILES string of the molecule is O=C(CCNS(=O)(=O)c1ccc2c(c1)CCC(=O)N2)Nc1nc2ccc(Cl)cc2s1. The maximum absolute atomic E-state index is 12.5. The number of nitrogens with one attached hydrogen (secondary N) is 3. The molecule has 156 valence electrons. The molecular weight excluding hydrogens is 448 g/mol. The van der Waals surface area contributed by atoms with Gasteiger partial charge in [-0.15, -0.1) is 0 Å². The topological polar surface area (TPSA) is 117 Å². The van der Waals surface area contributed by atoms with Crippen molar-refractivity contribution in [2.24, 2.45) is 0 Å². The van der Waals surface area contributed by atoms with Crippen LogP contribution in [-0.2, 0) is 26.0 Å². The molecule has 0 atom stereocenters. The second-order valence-corrected chi connectivity index (χ2v) is 9.93. The minimum Gasteiger partial charge on any atom is -0.326 e. The van der Waals surface area contributed by atoms with E-state index in [4.69, 9.17) is 11.6 Å². The van der Waals surface area contributed by atoms with Gasteiger partial charge in [-0.3, -0.25) is 9.59 Å². The van der Waals surface area contributed by atoms with Gasteiger partial charge in [-0.05, 0) is 48.4 Å². The van der Waals surface area contributed by atoms with Gasteiger partial charge >= 0.3 is 0 Å². The Labute approximate surface area is 181 Å². The molecule has 2 aromatic carbocycles. The molecule has 0 spiro atoms. The zero-order valence-corrected chi connectivity index (χ0v) is 18.0. The number of sulfonamides is 1. The van der Waals surface area contributed by atoms with Crippen molar-refractivity contribution in [1.82, 2.24) is 9.71 Å². The Morgan fingerprint density at radius 1 is 1.20 bits per heavy atom. The first-order valence-electron chi connectivity index (χ1n) is 9.08. The lowest BCUT2D eigenvalue weighted by Crippen LogP contribution is -2.28. The molecule has 1 aliphatic heterocycles. The number of hydrogen-bond acceptors (Lipinski definition) is 6. The third kappa shape index (κ3) is 4.62. The molecule has 2 amide bonds. The highest BCUT2D eigenvalue weighted by Gasteiger charge is 2.20. The van der Waals surface area contributed by atoms with Crippen molar-refractivity contribution in [2.75, 3.05) is 17.2 Å². The summed E-state index contributed by atoms with van der Waals surface area (Å²) >= 11 is 7.24. The van der Waals surface area contributed by atoms with Gasteiger partial charge in [0.15, 0.2) is 5.13 Å². The lowest BCUT2D eigenvalue weighted by molar-refractivity contribution is -0.117. The normalized spacial score (nSPS) is 13.7. The second-order valence-electron chi connectivity index (χ2n) is 6.69. The molecule has 11 heteroatoms. The highest BCUT2D eigenvalue weighted by molar-refractivity contribution is 7.89. The van der Waals surface area contributed by atoms with E-state index in [2.05, 4.69) is 20.3 Å². The van der Waals surface area contributed by atoms with Gasteiger partial charge in [-0.25, -0.2) is 18.1 Å². The number of aryl methyl sites for hydroxylation is 1. The van der Waals surface area contributed by atoms with Gasteiger partial charge in [-0.2, -0.15) is 0 Å². The lowest BCUT2D eigenvalue weighted by atomic mass is 10.0. The van der Waals surface area contributed by atoms with Crippen LogP contribution in [0.4, 0.5) is 10.8 Å². The molecule has 1 aliphatic rings. The van der Waals surface area contributed by atoms with Crippen LogP contribution in [0.15, 0.2) is 41.3 Å². The first kappa shape index (κ1) is 20.7. The van der Waals surface area contributed by atoms with Crippen LogP contribution < -0.4 is 15.4 Å². The smallest absolute Gasteiger partial charge is 0.240 e. The third-order valence-corrected chi connectivity index (χ3v) is 7.15. The fourth-order valence-electron chi connectivity index (χ4n) is 3.04. The number of hydrogen-bond donors (Lipinski definition) is 3. The monoisotopic (exact) mass is 464 g/mol. The van der Waals surface area contributed by atoms with Crippen LogP contribution in [0.5, 0.6) is 0 Å². The zero-order chi connectivity index (χ0) is 21.3. The molecule has 4 rings (SSSR count). The number of aromatic nitrogens is 1. The lowest BCUT2D eigenvalue weighted by Gasteiger charge is -2.17. The highest BCUT2D eigenvalue weighted by Crippen LogP contribution is 2.28. The average molecular weight is 465 g/mol. The molecule has 1 aromatic heterocycles. The van der Waals surface area contributed by atoms with E-state index in [0.717, 1.165) is 15.8 Å². The van der Waals surface area contributed by atoms with Crippen LogP contribution in [0, 0.1) is 0 Å². The van der Waals surface area contributed by atoms with E-state index in [1.807, 2.05) is 0 Å². The van der Waals surface area contributed by atoms with Gasteiger partial charge in [0.25, 0.3) is 0 Å². The van der Waals surface area contributed by atoms with E-state index in [1.165, 1.54) is 17.4 Å². The molecule has 0 saturated carbocycles. The van der Waals surface area contributed by atoms with Crippen molar-refractivity contribution < 1.29 is 18.0 Å². The largest absolute Gasteiger partial charge is 0.326 e. The molecular formula is C19H17ClN4O4S2. The Hall–Kier alpha value is -2.53. The Balaban J connectivity index is 1.34. The summed E-state index contributed by atoms with van der Waals surface area (Å²) < 4.78 is 28.3. The number of amides is 2. The van der Waals surface area contributed by atoms with Crippen LogP contribution in [0.2, 0.25) is 5.02 Å². The Morgan fingerprint density at radius 2 is 2.03 bits per heavy atom. The molecule has 0 radical (unpaired) electrons. The van der Waals surface area contributed by atoms with Crippen LogP contribution in [0.25, 0.3) is 10.2 Å². The molecule has 2 heterocycles. The van der Waals surface area contributed by atoms with E-state index >= 15 is 0 Å². The van der Waals surface area contributed by atoms with Crippen LogP contribution in [0.1, 0.15) is 18.4 Å². The Bertz CT molecular complexity index is 1260. The van der Waals surface area contributed by atoms with E-state index < -0.39 is 10.0 Å². The van der Waals surface area contributed by atoms with E-state index in [-0.39, 0.29) is 29.7 Å². The average Bonchev–Trinajstić information content (AvgIpc) is 3.08. The van der Waals surface area contributed by atoms with Crippen molar-refractivity contribution in [2.45, 2.75) is 24.2 Å². The zero-order valence-electron chi connectivity index (χ0n) is 15.6. The van der Waals surface area contributed by atoms with E-state index in [1.54, 1.807) is 30.3 Å². The molecule has 0 fully saturated rings. The van der Waals surface area contributed by atoms with Crippen LogP contribution in [-0.4, -0.2) is 31.8 Å². The molecule has 3 aromatic rings. The minimum absolute atomic E-state index is 0.0447. The number of carbonyl (C=O) groups is 2. The third-order valence-electron chi connectivity index (χ3n) is 4.52. The molecule has 8 nitrogen and oxygen atoms in total. The molecule has 3 N–H and O–H groups in total. The summed E-state index contributed by atoms with van der Waals surface area (Å²) in [6, 6.07) is 9.80. The van der Waals surface area contributed by atoms with E-state index in [0.29, 0.717) is 28.7 Å². The highest BCUT2D eigenvalue weighted by atomic mass is 35.5. The summed E-state index contributed by atoms with van der Waals surface area (Å²) in [7, 11) is -3.77. The number of rotatable bonds is 6. The number of thiazole rings is 1. The summed E-state index contributed by atoms with van der Waals surface area (Å²) in [5.74, 6) is -0.436. The van der Waals surface area contributed by atoms with E-state index in [9.17, 15) is 18.0 Å². The number of nitrogens with zero attached hydrogens (tertiary/aromatic N) is 1. The molecule has 30 heavy (non-hydrogen) atoms. The first-order valence-corrected chi connectivity index (χ1v) is 11.8. The van der Waals surface area contributed by atoms with Crippen molar-refractivity contribution in [1.29, 1.82) is 0 Å². The molecule has 0 aliphatic carbocycles. The number of anilines is 2. The van der Waals surface area contributed by atoms with Gasteiger partial charge in [-0.1, -0.05) is 22.9 Å². The number of fused-ring (bicyclic) bond motifs is 2. The van der Waals surface area contributed by atoms with Gasteiger partial charge in [0.1, 0.15) is 0 Å². The first-order chi connectivity index (χ1) is 14.3. The van der Waals surface area contributed by atoms with Gasteiger partial charge in [0, 0.05) is 30.1 Å². The quantitative estimate of drug-likeness (QED) is 0.518. The predicted octanol–water partition coefficient (Wildman–Crippen LogP) is 3.14. The van der Waals surface area contributed by atoms with Crippen LogP contribution >= 0.6 is 22.9 Å². The standard InChI is InChI=1S/C19H17ClN4O4S2/c20-12-2-4-15-16(10-12)29-19(23-15)24-18(26)7-8-21-30(27,28)13-3-5-14-11(9-13)1-6-17(25)22-14/h2-5,9-10,21H,1,6-8H2,(H,22,25)(H,23,24,26). The Kier molecular flexibility index (Phi) is 5.74. The Morgan fingerprint density at radius 3 is 2.87 bits per heavy atom. The fraction of sp³-hybridized carbons (Fsp3) is 0.211. The summed E-state index contributed by atoms with van der Waals surface area (Å²) in [6.07, 6.45) is 0.763. The second kappa shape index (κ2) is 8.31. The summed E-state index contributed by atoms with van der Waals surface area (Å²) in [6.45, 7) is -0.0568. The van der Waals surface area contributed by atoms with Crippen molar-refractivity contribution in [3.63, 3.8) is 0 Å². The molecule has 0 unspecified atom stereocenters. The molecule has 0 saturated heterocycles. The van der Waals surface area contributed by atoms with Crippen molar-refractivity contribution >= 4 is 65.8 Å². The maximum atomic E-state index is 12.5. The number of halogens is 1. The summed E-state index contributed by atoms with van der Waals surface area (Å²) in [5.41, 5.74) is 2.12. The van der Waals surface area contributed by atoms with Gasteiger partial charge in [0.05, 0.1) is 15.1 Å². The van der Waals surface area contributed by atoms with Gasteiger partial charge < -0.3 is 10.6 Å². The fourth-order valence-corrected chi connectivity index (χ4v) is 5.28. The number of benzene rings is 2. The van der Waals surface area contributed by atoms with Gasteiger partial charge in [0.2, 0.25) is 21.8 Å². The number of carbonyl (C=O) groups excluding carboxylic acids is 2. The predicted molar refractivity (Wildman–Crippen MR) is 116 cm³/mol. The molecule has 0 bridgehead atoms. The van der Waals surface area contributed by atoms with Crippen LogP contribution in [0.3, 0.4) is 0 Å². The van der Waals surface area contributed by atoms with Crippen molar-refractivity contribution in [3.8, 4) is 0 Å². The minimum atomic E-state index is -3.77. The summed E-state index contributed by atoms with van der Waals surface area (Å²) in [4.78, 5) is 28.0.